The van der Waals surface area contributed by atoms with Crippen LogP contribution in [0.3, 0.4) is 0 Å². The van der Waals surface area contributed by atoms with Crippen molar-refractivity contribution in [2.45, 2.75) is 61.8 Å². The smallest absolute Gasteiger partial charge is 0.352 e. The molecule has 1 unspecified atom stereocenters. The number of hydrogen-bond acceptors (Lipinski definition) is 4. The predicted octanol–water partition coefficient (Wildman–Crippen LogP) is 8.02. The Morgan fingerprint density at radius 3 is 2.14 bits per heavy atom. The van der Waals surface area contributed by atoms with Gasteiger partial charge in [0.1, 0.15) is 12.6 Å². The minimum Gasteiger partial charge on any atom is -0.352 e. The van der Waals surface area contributed by atoms with Crippen LogP contribution in [0.1, 0.15) is 42.4 Å². The first-order valence-electron chi connectivity index (χ1n) is 15.7. The van der Waals surface area contributed by atoms with Crippen LogP contribution in [0.2, 0.25) is 5.02 Å². The molecule has 0 aliphatic heterocycles. The standard InChI is InChI=1S/C36H34BrClF3N3O4S/c37-27-13-9-12-26(20-27)23-43(33(21-25-10-3-1-4-11-25)35(46)42-28-14-7-8-15-28)34(45)24-44(49(47,48)30-16-5-2-6-17-30)29-18-19-32(38)31(22-29)36(39,40)41/h1-6,9-13,16-20,22,28,33H,7-8,14-15,21,23-24H2,(H,42,46). The number of sulfonamides is 1. The van der Waals surface area contributed by atoms with Crippen molar-refractivity contribution in [3.8, 4) is 0 Å². The molecular formula is C36H34BrClF3N3O4S. The summed E-state index contributed by atoms with van der Waals surface area (Å²) in [6.45, 7) is -0.979. The van der Waals surface area contributed by atoms with Gasteiger partial charge in [-0.15, -0.1) is 0 Å². The highest BCUT2D eigenvalue weighted by Gasteiger charge is 2.38. The Kier molecular flexibility index (Phi) is 11.7. The summed E-state index contributed by atoms with van der Waals surface area (Å²) in [5.41, 5.74) is -0.247. The molecule has 1 saturated carbocycles. The summed E-state index contributed by atoms with van der Waals surface area (Å²) in [6, 6.07) is 24.9. The molecule has 1 aliphatic rings. The largest absolute Gasteiger partial charge is 0.417 e. The van der Waals surface area contributed by atoms with Crippen LogP contribution in [-0.4, -0.2) is 43.8 Å². The molecule has 49 heavy (non-hydrogen) atoms. The summed E-state index contributed by atoms with van der Waals surface area (Å²) >= 11 is 9.33. The van der Waals surface area contributed by atoms with E-state index in [1.54, 1.807) is 30.3 Å². The zero-order valence-electron chi connectivity index (χ0n) is 26.2. The second-order valence-corrected chi connectivity index (χ2v) is 15.0. The maximum absolute atomic E-state index is 14.6. The second kappa shape index (κ2) is 15.8. The molecule has 13 heteroatoms. The molecule has 4 aromatic carbocycles. The Labute approximate surface area is 297 Å². The van der Waals surface area contributed by atoms with Crippen molar-refractivity contribution in [2.24, 2.45) is 0 Å². The number of alkyl halides is 3. The lowest BCUT2D eigenvalue weighted by molar-refractivity contribution is -0.140. The van der Waals surface area contributed by atoms with E-state index in [4.69, 9.17) is 11.6 Å². The fourth-order valence-corrected chi connectivity index (χ4v) is 7.99. The average Bonchev–Trinajstić information content (AvgIpc) is 3.59. The lowest BCUT2D eigenvalue weighted by Gasteiger charge is -2.34. The van der Waals surface area contributed by atoms with Crippen molar-refractivity contribution in [3.63, 3.8) is 0 Å². The summed E-state index contributed by atoms with van der Waals surface area (Å²) in [4.78, 5) is 29.8. The van der Waals surface area contributed by atoms with E-state index >= 15 is 0 Å². The molecule has 258 valence electrons. The minimum absolute atomic E-state index is 0.0709. The molecule has 0 bridgehead atoms. The zero-order chi connectivity index (χ0) is 35.2. The molecule has 0 radical (unpaired) electrons. The van der Waals surface area contributed by atoms with Gasteiger partial charge < -0.3 is 10.2 Å². The topological polar surface area (TPSA) is 86.8 Å². The molecule has 2 amide bonds. The second-order valence-electron chi connectivity index (χ2n) is 11.8. The van der Waals surface area contributed by atoms with E-state index in [1.807, 2.05) is 30.3 Å². The monoisotopic (exact) mass is 775 g/mol. The lowest BCUT2D eigenvalue weighted by atomic mass is 10.0. The normalized spacial score (nSPS) is 14.3. The molecule has 1 atom stereocenters. The highest BCUT2D eigenvalue weighted by molar-refractivity contribution is 9.10. The van der Waals surface area contributed by atoms with Gasteiger partial charge in [-0.05, 0) is 66.4 Å². The van der Waals surface area contributed by atoms with E-state index < -0.39 is 56.9 Å². The van der Waals surface area contributed by atoms with E-state index in [0.717, 1.165) is 47.9 Å². The van der Waals surface area contributed by atoms with E-state index in [1.165, 1.54) is 29.2 Å². The van der Waals surface area contributed by atoms with Crippen molar-refractivity contribution in [2.75, 3.05) is 10.8 Å². The highest BCUT2D eigenvalue weighted by atomic mass is 79.9. The Bertz CT molecular complexity index is 1880. The maximum Gasteiger partial charge on any atom is 0.417 e. The zero-order valence-corrected chi connectivity index (χ0v) is 29.4. The third-order valence-corrected chi connectivity index (χ3v) is 11.0. The SMILES string of the molecule is O=C(NC1CCCC1)C(Cc1ccccc1)N(Cc1cccc(Br)c1)C(=O)CN(c1ccc(Cl)c(C(F)(F)F)c1)S(=O)(=O)c1ccccc1. The molecule has 0 spiro atoms. The van der Waals surface area contributed by atoms with Gasteiger partial charge >= 0.3 is 6.18 Å². The van der Waals surface area contributed by atoms with Gasteiger partial charge in [0.25, 0.3) is 10.0 Å². The molecular weight excluding hydrogens is 743 g/mol. The Morgan fingerprint density at radius 2 is 1.51 bits per heavy atom. The van der Waals surface area contributed by atoms with Crippen molar-refractivity contribution in [3.05, 3.63) is 129 Å². The molecule has 1 N–H and O–H groups in total. The number of hydrogen-bond donors (Lipinski definition) is 1. The van der Waals surface area contributed by atoms with Gasteiger partial charge in [-0.2, -0.15) is 13.2 Å². The fraction of sp³-hybridized carbons (Fsp3) is 0.278. The molecule has 1 fully saturated rings. The molecule has 4 aromatic rings. The number of carbonyl (C=O) groups is 2. The molecule has 1 aliphatic carbocycles. The van der Waals surface area contributed by atoms with Crippen LogP contribution in [-0.2, 0) is 38.8 Å². The van der Waals surface area contributed by atoms with E-state index in [-0.39, 0.29) is 23.9 Å². The van der Waals surface area contributed by atoms with Gasteiger partial charge in [-0.1, -0.05) is 101 Å². The van der Waals surface area contributed by atoms with Crippen molar-refractivity contribution in [1.29, 1.82) is 0 Å². The van der Waals surface area contributed by atoms with Crippen LogP contribution < -0.4 is 9.62 Å². The Balaban J connectivity index is 1.61. The van der Waals surface area contributed by atoms with Gasteiger partial charge in [0.2, 0.25) is 11.8 Å². The number of carbonyl (C=O) groups excluding carboxylic acids is 2. The van der Waals surface area contributed by atoms with Gasteiger partial charge in [0.15, 0.2) is 0 Å². The van der Waals surface area contributed by atoms with Crippen molar-refractivity contribution < 1.29 is 31.2 Å². The third-order valence-electron chi connectivity index (χ3n) is 8.37. The van der Waals surface area contributed by atoms with Crippen LogP contribution >= 0.6 is 27.5 Å². The fourth-order valence-electron chi connectivity index (χ4n) is 5.89. The van der Waals surface area contributed by atoms with Crippen LogP contribution in [0.5, 0.6) is 0 Å². The summed E-state index contributed by atoms with van der Waals surface area (Å²) in [5, 5.41) is 2.47. The van der Waals surface area contributed by atoms with Crippen LogP contribution in [0, 0.1) is 0 Å². The van der Waals surface area contributed by atoms with E-state index in [0.29, 0.717) is 15.9 Å². The number of nitrogens with zero attached hydrogens (tertiary/aromatic N) is 2. The predicted molar refractivity (Wildman–Crippen MR) is 186 cm³/mol. The van der Waals surface area contributed by atoms with Crippen molar-refractivity contribution in [1.82, 2.24) is 10.2 Å². The Morgan fingerprint density at radius 1 is 0.878 bits per heavy atom. The van der Waals surface area contributed by atoms with E-state index in [2.05, 4.69) is 21.2 Å². The van der Waals surface area contributed by atoms with E-state index in [9.17, 15) is 31.2 Å². The molecule has 7 nitrogen and oxygen atoms in total. The average molecular weight is 777 g/mol. The highest BCUT2D eigenvalue weighted by Crippen LogP contribution is 2.38. The minimum atomic E-state index is -4.90. The van der Waals surface area contributed by atoms with Gasteiger partial charge in [0, 0.05) is 23.5 Å². The number of amides is 2. The third kappa shape index (κ3) is 9.23. The van der Waals surface area contributed by atoms with Gasteiger partial charge in [0.05, 0.1) is 21.2 Å². The number of benzene rings is 4. The van der Waals surface area contributed by atoms with Crippen molar-refractivity contribution >= 4 is 55.1 Å². The molecule has 5 rings (SSSR count). The molecule has 0 heterocycles. The Hall–Kier alpha value is -3.87. The quantitative estimate of drug-likeness (QED) is 0.158. The lowest BCUT2D eigenvalue weighted by Crippen LogP contribution is -2.54. The first-order valence-corrected chi connectivity index (χ1v) is 18.3. The number of halogens is 5. The van der Waals surface area contributed by atoms with Gasteiger partial charge in [-0.25, -0.2) is 8.42 Å². The maximum atomic E-state index is 14.6. The summed E-state index contributed by atoms with van der Waals surface area (Å²) in [6.07, 6.45) is -1.27. The number of nitrogens with one attached hydrogen (secondary N) is 1. The summed E-state index contributed by atoms with van der Waals surface area (Å²) < 4.78 is 71.5. The van der Waals surface area contributed by atoms with Crippen LogP contribution in [0.4, 0.5) is 18.9 Å². The van der Waals surface area contributed by atoms with Crippen LogP contribution in [0.15, 0.2) is 112 Å². The summed E-state index contributed by atoms with van der Waals surface area (Å²) in [7, 11) is -4.59. The molecule has 0 aromatic heterocycles. The molecule has 0 saturated heterocycles. The van der Waals surface area contributed by atoms with Gasteiger partial charge in [-0.3, -0.25) is 13.9 Å². The number of anilines is 1. The first kappa shape index (κ1) is 36.4. The summed E-state index contributed by atoms with van der Waals surface area (Å²) in [5.74, 6) is -1.19. The van der Waals surface area contributed by atoms with Crippen LogP contribution in [0.25, 0.3) is 0 Å². The number of rotatable bonds is 12. The first-order chi connectivity index (χ1) is 23.3.